The van der Waals surface area contributed by atoms with Crippen LogP contribution in [0, 0.1) is 6.92 Å². The van der Waals surface area contributed by atoms with Gasteiger partial charge in [0.2, 0.25) is 5.91 Å². The van der Waals surface area contributed by atoms with Crippen LogP contribution < -0.4 is 10.1 Å². The molecule has 0 unspecified atom stereocenters. The molecule has 0 spiro atoms. The summed E-state index contributed by atoms with van der Waals surface area (Å²) in [7, 11) is 1.84. The molecule has 3 aromatic rings. The molecule has 1 heterocycles. The van der Waals surface area contributed by atoms with E-state index in [0.717, 1.165) is 11.3 Å². The van der Waals surface area contributed by atoms with E-state index in [0.29, 0.717) is 33.3 Å². The fourth-order valence-corrected chi connectivity index (χ4v) is 3.38. The van der Waals surface area contributed by atoms with Crippen molar-refractivity contribution in [3.63, 3.8) is 0 Å². The van der Waals surface area contributed by atoms with Gasteiger partial charge in [0.1, 0.15) is 12.4 Å². The van der Waals surface area contributed by atoms with Crippen molar-refractivity contribution >= 4 is 46.6 Å². The van der Waals surface area contributed by atoms with Crippen molar-refractivity contribution in [3.8, 4) is 5.75 Å². The third-order valence-electron chi connectivity index (χ3n) is 3.82. The molecule has 146 valence electrons. The Morgan fingerprint density at radius 3 is 2.75 bits per heavy atom. The van der Waals surface area contributed by atoms with Gasteiger partial charge in [-0.3, -0.25) is 4.79 Å². The number of ether oxygens (including phenoxy) is 1. The molecular formula is C19H18Cl2N4O2S. The Morgan fingerprint density at radius 2 is 2.00 bits per heavy atom. The van der Waals surface area contributed by atoms with Crippen LogP contribution >= 0.6 is 35.0 Å². The summed E-state index contributed by atoms with van der Waals surface area (Å²) in [6, 6.07) is 12.7. The van der Waals surface area contributed by atoms with Crippen LogP contribution in [0.4, 0.5) is 5.69 Å². The molecule has 0 aliphatic rings. The summed E-state index contributed by atoms with van der Waals surface area (Å²) in [5.41, 5.74) is 1.71. The highest BCUT2D eigenvalue weighted by Gasteiger charge is 2.12. The second-order valence-corrected chi connectivity index (χ2v) is 7.79. The Labute approximate surface area is 177 Å². The smallest absolute Gasteiger partial charge is 0.234 e. The quantitative estimate of drug-likeness (QED) is 0.541. The highest BCUT2D eigenvalue weighted by atomic mass is 35.5. The molecule has 0 radical (unpaired) electrons. The van der Waals surface area contributed by atoms with Crippen LogP contribution in [0.1, 0.15) is 11.4 Å². The summed E-state index contributed by atoms with van der Waals surface area (Å²) < 4.78 is 7.57. The summed E-state index contributed by atoms with van der Waals surface area (Å²) in [5, 5.41) is 12.5. The molecule has 1 N–H and O–H groups in total. The van der Waals surface area contributed by atoms with Crippen LogP contribution in [0.15, 0.2) is 47.6 Å². The molecule has 0 atom stereocenters. The molecule has 9 heteroatoms. The predicted molar refractivity (Wildman–Crippen MR) is 112 cm³/mol. The zero-order chi connectivity index (χ0) is 20.1. The first-order chi connectivity index (χ1) is 13.4. The fraction of sp³-hybridized carbons (Fsp3) is 0.211. The van der Waals surface area contributed by atoms with E-state index in [1.165, 1.54) is 11.8 Å². The van der Waals surface area contributed by atoms with Gasteiger partial charge in [0.05, 0.1) is 15.8 Å². The average molecular weight is 437 g/mol. The van der Waals surface area contributed by atoms with Gasteiger partial charge >= 0.3 is 0 Å². The Hall–Kier alpha value is -2.22. The van der Waals surface area contributed by atoms with Gasteiger partial charge in [-0.1, -0.05) is 47.1 Å². The lowest BCUT2D eigenvalue weighted by atomic mass is 10.2. The number of carbonyl (C=O) groups is 1. The first kappa shape index (κ1) is 20.5. The number of aromatic nitrogens is 3. The summed E-state index contributed by atoms with van der Waals surface area (Å²) in [6.07, 6.45) is 0. The standard InChI is InChI=1S/C19H18Cl2N4O2S/c1-12-4-3-5-14(8-12)27-10-17-23-24-19(25(17)2)28-11-18(26)22-13-6-7-15(20)16(21)9-13/h3-9H,10-11H2,1-2H3,(H,22,26). The van der Waals surface area contributed by atoms with Crippen molar-refractivity contribution in [1.29, 1.82) is 0 Å². The Balaban J connectivity index is 1.53. The largest absolute Gasteiger partial charge is 0.486 e. The minimum Gasteiger partial charge on any atom is -0.486 e. The molecule has 0 aliphatic carbocycles. The third kappa shape index (κ3) is 5.41. The van der Waals surface area contributed by atoms with Crippen molar-refractivity contribution < 1.29 is 9.53 Å². The van der Waals surface area contributed by atoms with Crippen molar-refractivity contribution in [2.75, 3.05) is 11.1 Å². The molecule has 0 saturated carbocycles. The topological polar surface area (TPSA) is 69.0 Å². The van der Waals surface area contributed by atoms with Crippen LogP contribution in [0.5, 0.6) is 5.75 Å². The van der Waals surface area contributed by atoms with E-state index in [-0.39, 0.29) is 11.7 Å². The van der Waals surface area contributed by atoms with Crippen molar-refractivity contribution in [2.24, 2.45) is 7.05 Å². The number of anilines is 1. The van der Waals surface area contributed by atoms with Crippen LogP contribution in [-0.4, -0.2) is 26.4 Å². The first-order valence-electron chi connectivity index (χ1n) is 8.38. The monoisotopic (exact) mass is 436 g/mol. The number of hydrogen-bond acceptors (Lipinski definition) is 5. The van der Waals surface area contributed by atoms with Crippen molar-refractivity contribution in [1.82, 2.24) is 14.8 Å². The number of carbonyl (C=O) groups excluding carboxylic acids is 1. The number of thioether (sulfide) groups is 1. The Bertz CT molecular complexity index is 994. The second-order valence-electron chi connectivity index (χ2n) is 6.03. The van der Waals surface area contributed by atoms with Crippen molar-refractivity contribution in [2.45, 2.75) is 18.7 Å². The van der Waals surface area contributed by atoms with E-state index >= 15 is 0 Å². The molecule has 1 aromatic heterocycles. The van der Waals surface area contributed by atoms with Gasteiger partial charge in [-0.15, -0.1) is 10.2 Å². The van der Waals surface area contributed by atoms with E-state index in [4.69, 9.17) is 27.9 Å². The normalized spacial score (nSPS) is 10.7. The van der Waals surface area contributed by atoms with Crippen LogP contribution in [0.3, 0.4) is 0 Å². The second kappa shape index (κ2) is 9.32. The van der Waals surface area contributed by atoms with Gasteiger partial charge in [0.15, 0.2) is 11.0 Å². The van der Waals surface area contributed by atoms with E-state index in [1.54, 1.807) is 18.2 Å². The third-order valence-corrected chi connectivity index (χ3v) is 5.58. The maximum absolute atomic E-state index is 12.2. The summed E-state index contributed by atoms with van der Waals surface area (Å²) >= 11 is 13.1. The number of hydrogen-bond donors (Lipinski definition) is 1. The molecule has 28 heavy (non-hydrogen) atoms. The first-order valence-corrected chi connectivity index (χ1v) is 10.1. The maximum atomic E-state index is 12.2. The maximum Gasteiger partial charge on any atom is 0.234 e. The highest BCUT2D eigenvalue weighted by Crippen LogP contribution is 2.25. The Kier molecular flexibility index (Phi) is 6.83. The lowest BCUT2D eigenvalue weighted by Gasteiger charge is -2.08. The predicted octanol–water partition coefficient (Wildman–Crippen LogP) is 4.74. The summed E-state index contributed by atoms with van der Waals surface area (Å²) in [5.74, 6) is 1.46. The van der Waals surface area contributed by atoms with Gasteiger partial charge in [0.25, 0.3) is 0 Å². The summed E-state index contributed by atoms with van der Waals surface area (Å²) in [4.78, 5) is 12.2. The molecule has 0 fully saturated rings. The average Bonchev–Trinajstić information content (AvgIpc) is 3.01. The van der Waals surface area contributed by atoms with Gasteiger partial charge < -0.3 is 14.6 Å². The number of halogens is 2. The number of nitrogens with zero attached hydrogens (tertiary/aromatic N) is 3. The Morgan fingerprint density at radius 1 is 1.18 bits per heavy atom. The minimum absolute atomic E-state index is 0.177. The van der Waals surface area contributed by atoms with Gasteiger partial charge in [-0.25, -0.2) is 0 Å². The van der Waals surface area contributed by atoms with Gasteiger partial charge in [0, 0.05) is 12.7 Å². The molecule has 0 saturated heterocycles. The molecule has 1 amide bonds. The fourth-order valence-electron chi connectivity index (χ4n) is 2.35. The molecule has 2 aromatic carbocycles. The van der Waals surface area contributed by atoms with E-state index in [1.807, 2.05) is 42.8 Å². The van der Waals surface area contributed by atoms with Gasteiger partial charge in [-0.2, -0.15) is 0 Å². The molecule has 0 aliphatic heterocycles. The lowest BCUT2D eigenvalue weighted by molar-refractivity contribution is -0.113. The zero-order valence-electron chi connectivity index (χ0n) is 15.3. The molecular weight excluding hydrogens is 419 g/mol. The molecule has 3 rings (SSSR count). The number of aryl methyl sites for hydroxylation is 1. The SMILES string of the molecule is Cc1cccc(OCc2nnc(SCC(=O)Nc3ccc(Cl)c(Cl)c3)n2C)c1. The number of amides is 1. The number of rotatable bonds is 7. The number of nitrogens with one attached hydrogen (secondary N) is 1. The number of benzene rings is 2. The molecule has 0 bridgehead atoms. The molecule has 6 nitrogen and oxygen atoms in total. The van der Waals surface area contributed by atoms with Gasteiger partial charge in [-0.05, 0) is 42.8 Å². The van der Waals surface area contributed by atoms with Crippen LogP contribution in [0.25, 0.3) is 0 Å². The lowest BCUT2D eigenvalue weighted by Crippen LogP contribution is -2.14. The van der Waals surface area contributed by atoms with E-state index < -0.39 is 0 Å². The zero-order valence-corrected chi connectivity index (χ0v) is 17.6. The minimum atomic E-state index is -0.177. The van der Waals surface area contributed by atoms with Crippen LogP contribution in [-0.2, 0) is 18.4 Å². The van der Waals surface area contributed by atoms with Crippen LogP contribution in [0.2, 0.25) is 10.0 Å². The van der Waals surface area contributed by atoms with E-state index in [2.05, 4.69) is 15.5 Å². The van der Waals surface area contributed by atoms with Crippen molar-refractivity contribution in [3.05, 3.63) is 63.9 Å². The highest BCUT2D eigenvalue weighted by molar-refractivity contribution is 7.99. The summed E-state index contributed by atoms with van der Waals surface area (Å²) in [6.45, 7) is 2.30. The van der Waals surface area contributed by atoms with E-state index in [9.17, 15) is 4.79 Å².